The molecule has 0 amide bonds. The molecule has 1 N–H and O–H groups in total. The topological polar surface area (TPSA) is 75.1 Å². The van der Waals surface area contributed by atoms with Crippen LogP contribution >= 0.6 is 0 Å². The Kier molecular flexibility index (Phi) is 4.67. The van der Waals surface area contributed by atoms with Gasteiger partial charge in [0.2, 0.25) is 0 Å². The lowest BCUT2D eigenvalue weighted by molar-refractivity contribution is -0.384. The molecule has 0 aliphatic carbocycles. The van der Waals surface area contributed by atoms with Crippen molar-refractivity contribution in [2.24, 2.45) is 0 Å². The molecule has 0 radical (unpaired) electrons. The van der Waals surface area contributed by atoms with Crippen LogP contribution in [0.1, 0.15) is 30.1 Å². The number of likely N-dealkylation sites (tertiary alicyclic amines) is 1. The lowest BCUT2D eigenvalue weighted by atomic mass is 9.96. The Balaban J connectivity index is 1.32. The summed E-state index contributed by atoms with van der Waals surface area (Å²) in [6, 6.07) is 15.1. The minimum Gasteiger partial charge on any atom is -0.342 e. The first kappa shape index (κ1) is 16.7. The summed E-state index contributed by atoms with van der Waals surface area (Å²) in [5.41, 5.74) is 3.34. The predicted octanol–water partition coefficient (Wildman–Crippen LogP) is 3.89. The summed E-state index contributed by atoms with van der Waals surface area (Å²) in [7, 11) is 0. The fraction of sp³-hybridized carbons (Fsp3) is 0.350. The van der Waals surface area contributed by atoms with E-state index in [2.05, 4.69) is 16.0 Å². The minimum atomic E-state index is -0.331. The Morgan fingerprint density at radius 2 is 1.96 bits per heavy atom. The van der Waals surface area contributed by atoms with Crippen molar-refractivity contribution in [3.05, 3.63) is 70.0 Å². The number of aromatic nitrogens is 2. The second-order valence-electron chi connectivity index (χ2n) is 6.93. The quantitative estimate of drug-likeness (QED) is 0.559. The van der Waals surface area contributed by atoms with Gasteiger partial charge in [0.05, 0.1) is 16.0 Å². The highest BCUT2D eigenvalue weighted by Crippen LogP contribution is 2.27. The number of benzene rings is 2. The number of hydrogen-bond donors (Lipinski definition) is 1. The molecule has 1 aliphatic rings. The van der Waals surface area contributed by atoms with E-state index in [-0.39, 0.29) is 10.6 Å². The lowest BCUT2D eigenvalue weighted by Crippen LogP contribution is -2.34. The van der Waals surface area contributed by atoms with Crippen molar-refractivity contribution in [1.29, 1.82) is 0 Å². The molecular weight excluding hydrogens is 328 g/mol. The van der Waals surface area contributed by atoms with Gasteiger partial charge in [0.25, 0.3) is 5.69 Å². The first-order valence-electron chi connectivity index (χ1n) is 9.09. The Bertz CT molecular complexity index is 880. The van der Waals surface area contributed by atoms with E-state index in [0.717, 1.165) is 61.3 Å². The van der Waals surface area contributed by atoms with Crippen molar-refractivity contribution in [3.8, 4) is 0 Å². The van der Waals surface area contributed by atoms with E-state index in [1.54, 1.807) is 18.2 Å². The van der Waals surface area contributed by atoms with E-state index in [4.69, 9.17) is 4.98 Å². The number of nitrogens with one attached hydrogen (secondary N) is 1. The molecule has 2 aromatic carbocycles. The molecule has 3 aromatic rings. The Labute approximate surface area is 152 Å². The number of imidazole rings is 1. The van der Waals surface area contributed by atoms with E-state index < -0.39 is 0 Å². The van der Waals surface area contributed by atoms with Crippen LogP contribution in [0.3, 0.4) is 0 Å². The van der Waals surface area contributed by atoms with Gasteiger partial charge in [0.1, 0.15) is 5.82 Å². The van der Waals surface area contributed by atoms with Gasteiger partial charge in [-0.15, -0.1) is 0 Å². The molecule has 1 saturated heterocycles. The van der Waals surface area contributed by atoms with Gasteiger partial charge in [-0.05, 0) is 50.0 Å². The summed E-state index contributed by atoms with van der Waals surface area (Å²) in [6.07, 6.45) is 3.03. The first-order valence-corrected chi connectivity index (χ1v) is 9.09. The molecule has 1 fully saturated rings. The number of piperidine rings is 1. The smallest absolute Gasteiger partial charge is 0.269 e. The zero-order valence-corrected chi connectivity index (χ0v) is 14.6. The van der Waals surface area contributed by atoms with Crippen LogP contribution in [0.2, 0.25) is 0 Å². The summed E-state index contributed by atoms with van der Waals surface area (Å²) in [4.78, 5) is 21.2. The van der Waals surface area contributed by atoms with Crippen LogP contribution in [-0.2, 0) is 6.42 Å². The van der Waals surface area contributed by atoms with E-state index >= 15 is 0 Å². The monoisotopic (exact) mass is 350 g/mol. The summed E-state index contributed by atoms with van der Waals surface area (Å²) < 4.78 is 0. The maximum absolute atomic E-state index is 10.9. The first-order chi connectivity index (χ1) is 12.7. The third-order valence-corrected chi connectivity index (χ3v) is 5.22. The maximum Gasteiger partial charge on any atom is 0.269 e. The van der Waals surface area contributed by atoms with Gasteiger partial charge in [-0.1, -0.05) is 24.3 Å². The van der Waals surface area contributed by atoms with Crippen molar-refractivity contribution in [2.45, 2.75) is 25.2 Å². The summed E-state index contributed by atoms with van der Waals surface area (Å²) in [5.74, 6) is 1.58. The van der Waals surface area contributed by atoms with Gasteiger partial charge in [-0.25, -0.2) is 4.98 Å². The van der Waals surface area contributed by atoms with E-state index in [1.807, 2.05) is 24.3 Å². The van der Waals surface area contributed by atoms with Crippen molar-refractivity contribution < 1.29 is 4.92 Å². The number of H-pyrrole nitrogens is 1. The number of non-ortho nitro benzene ring substituents is 1. The zero-order chi connectivity index (χ0) is 17.9. The van der Waals surface area contributed by atoms with Crippen molar-refractivity contribution in [1.82, 2.24) is 14.9 Å². The Morgan fingerprint density at radius 3 is 2.73 bits per heavy atom. The Hall–Kier alpha value is -2.73. The lowest BCUT2D eigenvalue weighted by Gasteiger charge is -2.31. The molecule has 2 heterocycles. The van der Waals surface area contributed by atoms with Crippen molar-refractivity contribution >= 4 is 16.7 Å². The van der Waals surface area contributed by atoms with Gasteiger partial charge in [0.15, 0.2) is 0 Å². The molecule has 6 nitrogen and oxygen atoms in total. The van der Waals surface area contributed by atoms with Crippen LogP contribution in [0, 0.1) is 10.1 Å². The molecule has 26 heavy (non-hydrogen) atoms. The minimum absolute atomic E-state index is 0.172. The number of aromatic amines is 1. The van der Waals surface area contributed by atoms with Gasteiger partial charge < -0.3 is 9.88 Å². The second kappa shape index (κ2) is 7.25. The number of para-hydroxylation sites is 2. The summed E-state index contributed by atoms with van der Waals surface area (Å²) in [5, 5.41) is 10.9. The number of nitro groups is 1. The second-order valence-corrected chi connectivity index (χ2v) is 6.93. The SMILES string of the molecule is O=[N+]([O-])c1cccc(CCN2CCC(c3nc4ccccc4[nH]3)CC2)c1. The van der Waals surface area contributed by atoms with Crippen molar-refractivity contribution in [3.63, 3.8) is 0 Å². The van der Waals surface area contributed by atoms with Crippen LogP contribution < -0.4 is 0 Å². The molecule has 0 saturated carbocycles. The van der Waals surface area contributed by atoms with Gasteiger partial charge >= 0.3 is 0 Å². The maximum atomic E-state index is 10.9. The van der Waals surface area contributed by atoms with Gasteiger partial charge in [-0.2, -0.15) is 0 Å². The number of hydrogen-bond acceptors (Lipinski definition) is 4. The molecule has 1 aromatic heterocycles. The highest BCUT2D eigenvalue weighted by Gasteiger charge is 2.23. The average molecular weight is 350 g/mol. The fourth-order valence-corrected chi connectivity index (χ4v) is 3.71. The van der Waals surface area contributed by atoms with E-state index in [0.29, 0.717) is 5.92 Å². The molecule has 4 rings (SSSR count). The van der Waals surface area contributed by atoms with E-state index in [9.17, 15) is 10.1 Å². The fourth-order valence-electron chi connectivity index (χ4n) is 3.71. The zero-order valence-electron chi connectivity index (χ0n) is 14.6. The molecule has 134 valence electrons. The van der Waals surface area contributed by atoms with Crippen LogP contribution in [0.5, 0.6) is 0 Å². The number of nitro benzene ring substituents is 1. The van der Waals surface area contributed by atoms with Crippen LogP contribution in [-0.4, -0.2) is 39.4 Å². The largest absolute Gasteiger partial charge is 0.342 e. The van der Waals surface area contributed by atoms with E-state index in [1.165, 1.54) is 0 Å². The number of fused-ring (bicyclic) bond motifs is 1. The summed E-state index contributed by atoms with van der Waals surface area (Å²) in [6.45, 7) is 3.02. The molecule has 1 aliphatic heterocycles. The Morgan fingerprint density at radius 1 is 1.15 bits per heavy atom. The van der Waals surface area contributed by atoms with Crippen molar-refractivity contribution in [2.75, 3.05) is 19.6 Å². The van der Waals surface area contributed by atoms with Crippen LogP contribution in [0.25, 0.3) is 11.0 Å². The highest BCUT2D eigenvalue weighted by molar-refractivity contribution is 5.74. The normalized spacial score (nSPS) is 16.2. The third-order valence-electron chi connectivity index (χ3n) is 5.22. The molecule has 0 bridgehead atoms. The summed E-state index contributed by atoms with van der Waals surface area (Å²) >= 11 is 0. The average Bonchev–Trinajstić information content (AvgIpc) is 3.11. The van der Waals surface area contributed by atoms with Crippen LogP contribution in [0.15, 0.2) is 48.5 Å². The standard InChI is InChI=1S/C20H22N4O2/c25-24(26)17-5-3-4-15(14-17)8-11-23-12-9-16(10-13-23)20-21-18-6-1-2-7-19(18)22-20/h1-7,14,16H,8-13H2,(H,21,22). The third kappa shape index (κ3) is 3.60. The highest BCUT2D eigenvalue weighted by atomic mass is 16.6. The molecular formula is C20H22N4O2. The molecule has 0 unspecified atom stereocenters. The molecule has 6 heteroatoms. The predicted molar refractivity (Wildman–Crippen MR) is 101 cm³/mol. The number of rotatable bonds is 5. The number of nitrogens with zero attached hydrogens (tertiary/aromatic N) is 3. The van der Waals surface area contributed by atoms with Gasteiger partial charge in [0, 0.05) is 24.6 Å². The van der Waals surface area contributed by atoms with Gasteiger partial charge in [-0.3, -0.25) is 10.1 Å². The van der Waals surface area contributed by atoms with Crippen LogP contribution in [0.4, 0.5) is 5.69 Å². The molecule has 0 atom stereocenters. The molecule has 0 spiro atoms.